The van der Waals surface area contributed by atoms with Crippen LogP contribution in [0.1, 0.15) is 18.4 Å². The zero-order valence-corrected chi connectivity index (χ0v) is 12.3. The van der Waals surface area contributed by atoms with Gasteiger partial charge in [0.05, 0.1) is 0 Å². The minimum atomic E-state index is 0.772. The van der Waals surface area contributed by atoms with Gasteiger partial charge in [-0.1, -0.05) is 30.3 Å². The molecule has 1 aromatic carbocycles. The Bertz CT molecular complexity index is 577. The second-order valence-corrected chi connectivity index (χ2v) is 5.50. The second-order valence-electron chi connectivity index (χ2n) is 5.50. The fraction of sp³-hybridized carbons (Fsp3) is 0.353. The molecule has 0 bridgehead atoms. The van der Waals surface area contributed by atoms with Crippen LogP contribution in [-0.4, -0.2) is 24.6 Å². The maximum Gasteiger partial charge on any atom is 0.133 e. The zero-order chi connectivity index (χ0) is 14.5. The molecule has 0 aliphatic carbocycles. The van der Waals surface area contributed by atoms with E-state index in [9.17, 15) is 0 Å². The molecule has 1 aliphatic rings. The lowest BCUT2D eigenvalue weighted by Gasteiger charge is -2.18. The van der Waals surface area contributed by atoms with Crippen molar-refractivity contribution in [1.29, 1.82) is 0 Å². The molecular formula is C17H22N4. The highest BCUT2D eigenvalue weighted by Gasteiger charge is 2.14. The molecule has 1 aromatic heterocycles. The van der Waals surface area contributed by atoms with Gasteiger partial charge in [-0.25, -0.2) is 4.98 Å². The molecule has 110 valence electrons. The largest absolute Gasteiger partial charge is 0.399 e. The Hall–Kier alpha value is -2.23. The molecule has 1 saturated heterocycles. The van der Waals surface area contributed by atoms with Crippen LogP contribution in [0.15, 0.2) is 42.5 Å². The summed E-state index contributed by atoms with van der Waals surface area (Å²) in [7, 11) is 0. The van der Waals surface area contributed by atoms with Gasteiger partial charge in [0.2, 0.25) is 0 Å². The molecule has 2 aromatic rings. The maximum atomic E-state index is 6.00. The molecule has 2 heterocycles. The molecule has 3 N–H and O–H groups in total. The molecule has 4 nitrogen and oxygen atoms in total. The normalized spacial score (nSPS) is 14.4. The van der Waals surface area contributed by atoms with Crippen molar-refractivity contribution in [2.45, 2.75) is 19.3 Å². The monoisotopic (exact) mass is 282 g/mol. The first kappa shape index (κ1) is 13.7. The number of rotatable bonds is 5. The van der Waals surface area contributed by atoms with Gasteiger partial charge in [0.25, 0.3) is 0 Å². The number of aromatic nitrogens is 1. The highest BCUT2D eigenvalue weighted by molar-refractivity contribution is 5.59. The molecular weight excluding hydrogens is 260 g/mol. The van der Waals surface area contributed by atoms with E-state index in [-0.39, 0.29) is 0 Å². The Morgan fingerprint density at radius 1 is 1.10 bits per heavy atom. The summed E-state index contributed by atoms with van der Waals surface area (Å²) in [6, 6.07) is 14.3. The molecule has 0 amide bonds. The molecule has 0 unspecified atom stereocenters. The fourth-order valence-electron chi connectivity index (χ4n) is 2.71. The van der Waals surface area contributed by atoms with Crippen LogP contribution >= 0.6 is 0 Å². The average molecular weight is 282 g/mol. The van der Waals surface area contributed by atoms with Gasteiger partial charge in [0.15, 0.2) is 0 Å². The topological polar surface area (TPSA) is 54.2 Å². The summed E-state index contributed by atoms with van der Waals surface area (Å²) in [4.78, 5) is 6.99. The summed E-state index contributed by atoms with van der Waals surface area (Å²) in [5.74, 6) is 1.86. The van der Waals surface area contributed by atoms with E-state index in [0.717, 1.165) is 43.4 Å². The second kappa shape index (κ2) is 6.48. The van der Waals surface area contributed by atoms with E-state index in [1.54, 1.807) is 0 Å². The Morgan fingerprint density at radius 3 is 2.62 bits per heavy atom. The standard InChI is InChI=1S/C17H22N4/c18-15-12-16(19-9-8-14-6-2-1-3-7-14)20-17(13-15)21-10-4-5-11-21/h1-3,6-7,12-13H,4-5,8-11H2,(H3,18,19,20). The van der Waals surface area contributed by atoms with Crippen molar-refractivity contribution in [3.05, 3.63) is 48.0 Å². The molecule has 21 heavy (non-hydrogen) atoms. The molecule has 0 radical (unpaired) electrons. The van der Waals surface area contributed by atoms with E-state index in [0.29, 0.717) is 0 Å². The van der Waals surface area contributed by atoms with Crippen LogP contribution in [0.4, 0.5) is 17.3 Å². The molecule has 1 fully saturated rings. The number of anilines is 3. The van der Waals surface area contributed by atoms with Gasteiger partial charge in [-0.2, -0.15) is 0 Å². The van der Waals surface area contributed by atoms with E-state index < -0.39 is 0 Å². The quantitative estimate of drug-likeness (QED) is 0.885. The summed E-state index contributed by atoms with van der Waals surface area (Å²) >= 11 is 0. The van der Waals surface area contributed by atoms with Crippen molar-refractivity contribution < 1.29 is 0 Å². The van der Waals surface area contributed by atoms with Crippen LogP contribution in [0.2, 0.25) is 0 Å². The van der Waals surface area contributed by atoms with Crippen molar-refractivity contribution in [3.63, 3.8) is 0 Å². The number of nitrogens with zero attached hydrogens (tertiary/aromatic N) is 2. The number of pyridine rings is 1. The minimum absolute atomic E-state index is 0.772. The third kappa shape index (κ3) is 3.66. The molecule has 0 spiro atoms. The smallest absolute Gasteiger partial charge is 0.133 e. The van der Waals surface area contributed by atoms with E-state index >= 15 is 0 Å². The van der Waals surface area contributed by atoms with Gasteiger partial charge in [-0.3, -0.25) is 0 Å². The lowest BCUT2D eigenvalue weighted by molar-refractivity contribution is 0.932. The first-order valence-corrected chi connectivity index (χ1v) is 7.61. The van der Waals surface area contributed by atoms with Crippen LogP contribution in [0, 0.1) is 0 Å². The highest BCUT2D eigenvalue weighted by Crippen LogP contribution is 2.23. The lowest BCUT2D eigenvalue weighted by Crippen LogP contribution is -2.20. The van der Waals surface area contributed by atoms with Gasteiger partial charge in [-0.15, -0.1) is 0 Å². The van der Waals surface area contributed by atoms with Gasteiger partial charge in [0, 0.05) is 37.5 Å². The zero-order valence-electron chi connectivity index (χ0n) is 12.3. The Balaban J connectivity index is 1.62. The Kier molecular flexibility index (Phi) is 4.24. The summed E-state index contributed by atoms with van der Waals surface area (Å²) in [5.41, 5.74) is 8.10. The Morgan fingerprint density at radius 2 is 1.86 bits per heavy atom. The number of benzene rings is 1. The van der Waals surface area contributed by atoms with Crippen LogP contribution in [-0.2, 0) is 6.42 Å². The van der Waals surface area contributed by atoms with Crippen LogP contribution in [0.25, 0.3) is 0 Å². The van der Waals surface area contributed by atoms with E-state index in [1.807, 2.05) is 18.2 Å². The van der Waals surface area contributed by atoms with Gasteiger partial charge < -0.3 is 16.0 Å². The van der Waals surface area contributed by atoms with E-state index in [4.69, 9.17) is 5.73 Å². The van der Waals surface area contributed by atoms with Crippen molar-refractivity contribution in [3.8, 4) is 0 Å². The summed E-state index contributed by atoms with van der Waals surface area (Å²) in [5, 5.41) is 3.38. The number of hydrogen-bond acceptors (Lipinski definition) is 4. The first-order chi connectivity index (χ1) is 10.3. The molecule has 1 aliphatic heterocycles. The third-order valence-corrected chi connectivity index (χ3v) is 3.83. The van der Waals surface area contributed by atoms with Crippen LogP contribution < -0.4 is 16.0 Å². The minimum Gasteiger partial charge on any atom is -0.399 e. The van der Waals surface area contributed by atoms with Crippen molar-refractivity contribution >= 4 is 17.3 Å². The maximum absolute atomic E-state index is 6.00. The number of nitrogen functional groups attached to an aromatic ring is 1. The number of hydrogen-bond donors (Lipinski definition) is 2. The molecule has 3 rings (SSSR count). The lowest BCUT2D eigenvalue weighted by atomic mass is 10.1. The highest BCUT2D eigenvalue weighted by atomic mass is 15.2. The fourth-order valence-corrected chi connectivity index (χ4v) is 2.71. The van der Waals surface area contributed by atoms with Crippen molar-refractivity contribution in [2.24, 2.45) is 0 Å². The summed E-state index contributed by atoms with van der Waals surface area (Å²) in [6.45, 7) is 3.03. The molecule has 4 heteroatoms. The molecule has 0 saturated carbocycles. The van der Waals surface area contributed by atoms with Crippen molar-refractivity contribution in [1.82, 2.24) is 4.98 Å². The Labute approximate surface area is 126 Å². The van der Waals surface area contributed by atoms with Gasteiger partial charge >= 0.3 is 0 Å². The van der Waals surface area contributed by atoms with Crippen LogP contribution in [0.5, 0.6) is 0 Å². The molecule has 0 atom stereocenters. The third-order valence-electron chi connectivity index (χ3n) is 3.83. The summed E-state index contributed by atoms with van der Waals surface area (Å²) < 4.78 is 0. The predicted molar refractivity (Wildman–Crippen MR) is 88.7 cm³/mol. The van der Waals surface area contributed by atoms with Crippen LogP contribution in [0.3, 0.4) is 0 Å². The van der Waals surface area contributed by atoms with E-state index in [1.165, 1.54) is 18.4 Å². The number of nitrogens with one attached hydrogen (secondary N) is 1. The number of nitrogens with two attached hydrogens (primary N) is 1. The summed E-state index contributed by atoms with van der Waals surface area (Å²) in [6.07, 6.45) is 3.47. The predicted octanol–water partition coefficient (Wildman–Crippen LogP) is 2.92. The SMILES string of the molecule is Nc1cc(NCCc2ccccc2)nc(N2CCCC2)c1. The first-order valence-electron chi connectivity index (χ1n) is 7.61. The van der Waals surface area contributed by atoms with Crippen molar-refractivity contribution in [2.75, 3.05) is 35.6 Å². The van der Waals surface area contributed by atoms with Gasteiger partial charge in [0.1, 0.15) is 11.6 Å². The van der Waals surface area contributed by atoms with E-state index in [2.05, 4.69) is 39.5 Å². The average Bonchev–Trinajstić information content (AvgIpc) is 3.02. The van der Waals surface area contributed by atoms with Gasteiger partial charge in [-0.05, 0) is 24.8 Å².